The number of rotatable bonds is 6. The fourth-order valence-corrected chi connectivity index (χ4v) is 4.44. The van der Waals surface area contributed by atoms with E-state index in [4.69, 9.17) is 9.47 Å². The SMILES string of the molecule is C[C@]12C(=O)c3ccccc3NC(=O)C1[C@H]2C(=O)NCCOCC1CCCCO1. The van der Waals surface area contributed by atoms with Crippen molar-refractivity contribution in [2.45, 2.75) is 32.3 Å². The normalized spacial score (nSPS) is 31.2. The summed E-state index contributed by atoms with van der Waals surface area (Å²) < 4.78 is 11.2. The second kappa shape index (κ2) is 7.64. The van der Waals surface area contributed by atoms with Crippen molar-refractivity contribution in [1.82, 2.24) is 5.32 Å². The number of anilines is 1. The van der Waals surface area contributed by atoms with Crippen LogP contribution >= 0.6 is 0 Å². The number of carbonyl (C=O) groups excluding carboxylic acids is 3. The van der Waals surface area contributed by atoms with E-state index >= 15 is 0 Å². The average Bonchev–Trinajstić information content (AvgIpc) is 3.36. The Labute approximate surface area is 164 Å². The Morgan fingerprint density at radius 2 is 2.14 bits per heavy atom. The van der Waals surface area contributed by atoms with Gasteiger partial charge in [0.2, 0.25) is 11.8 Å². The van der Waals surface area contributed by atoms with Gasteiger partial charge in [-0.2, -0.15) is 0 Å². The minimum Gasteiger partial charge on any atom is -0.377 e. The van der Waals surface area contributed by atoms with Gasteiger partial charge < -0.3 is 20.1 Å². The lowest BCUT2D eigenvalue weighted by atomic mass is 9.92. The van der Waals surface area contributed by atoms with Gasteiger partial charge in [-0.3, -0.25) is 14.4 Å². The third-order valence-electron chi connectivity index (χ3n) is 6.12. The number of ketones is 1. The zero-order valence-corrected chi connectivity index (χ0v) is 16.0. The van der Waals surface area contributed by atoms with E-state index in [0.717, 1.165) is 25.9 Å². The zero-order chi connectivity index (χ0) is 19.7. The minimum atomic E-state index is -0.989. The van der Waals surface area contributed by atoms with Gasteiger partial charge in [-0.25, -0.2) is 0 Å². The molecule has 150 valence electrons. The molecule has 1 aliphatic carbocycles. The standard InChI is InChI=1S/C21H26N2O5/c1-21-16(19(25)22-9-11-27-12-13-6-4-5-10-28-13)17(21)20(26)23-15-8-3-2-7-14(15)18(21)24/h2-3,7-8,13,16-17H,4-6,9-12H2,1H3,(H,22,25)(H,23,26)/t13?,16-,17?,21+/m0/s1. The summed E-state index contributed by atoms with van der Waals surface area (Å²) in [4.78, 5) is 38.2. The van der Waals surface area contributed by atoms with Crippen LogP contribution in [0.25, 0.3) is 0 Å². The summed E-state index contributed by atoms with van der Waals surface area (Å²) in [6.07, 6.45) is 3.41. The predicted molar refractivity (Wildman–Crippen MR) is 102 cm³/mol. The zero-order valence-electron chi connectivity index (χ0n) is 16.0. The first kappa shape index (κ1) is 19.1. The van der Waals surface area contributed by atoms with Crippen LogP contribution in [-0.2, 0) is 19.1 Å². The van der Waals surface area contributed by atoms with Crippen molar-refractivity contribution in [3.05, 3.63) is 29.8 Å². The molecule has 2 N–H and O–H groups in total. The number of para-hydroxylation sites is 1. The highest BCUT2D eigenvalue weighted by Gasteiger charge is 2.73. The molecule has 1 saturated heterocycles. The van der Waals surface area contributed by atoms with Crippen molar-refractivity contribution in [3.63, 3.8) is 0 Å². The highest BCUT2D eigenvalue weighted by atomic mass is 16.5. The Morgan fingerprint density at radius 1 is 1.32 bits per heavy atom. The molecule has 2 amide bonds. The highest BCUT2D eigenvalue weighted by molar-refractivity contribution is 6.19. The first-order valence-electron chi connectivity index (χ1n) is 9.95. The molecule has 0 bridgehead atoms. The Hall–Kier alpha value is -2.25. The molecule has 2 heterocycles. The molecule has 7 heteroatoms. The summed E-state index contributed by atoms with van der Waals surface area (Å²) in [5, 5.41) is 5.60. The summed E-state index contributed by atoms with van der Waals surface area (Å²) in [5.74, 6) is -1.98. The molecule has 3 aliphatic rings. The van der Waals surface area contributed by atoms with Gasteiger partial charge in [0.1, 0.15) is 0 Å². The Balaban J connectivity index is 1.31. The molecule has 4 atom stereocenters. The monoisotopic (exact) mass is 386 g/mol. The molecule has 0 radical (unpaired) electrons. The quantitative estimate of drug-likeness (QED) is 0.727. The van der Waals surface area contributed by atoms with Gasteiger partial charge in [-0.05, 0) is 31.4 Å². The lowest BCUT2D eigenvalue weighted by molar-refractivity contribution is -0.125. The van der Waals surface area contributed by atoms with Crippen LogP contribution in [0.4, 0.5) is 5.69 Å². The number of Topliss-reactive ketones (excluding diaryl/α,β-unsaturated/α-hetero) is 1. The van der Waals surface area contributed by atoms with Crippen LogP contribution in [0.15, 0.2) is 24.3 Å². The molecule has 1 aromatic rings. The second-order valence-corrected chi connectivity index (χ2v) is 7.96. The second-order valence-electron chi connectivity index (χ2n) is 7.96. The maximum atomic E-state index is 13.0. The topological polar surface area (TPSA) is 93.7 Å². The fourth-order valence-electron chi connectivity index (χ4n) is 4.44. The van der Waals surface area contributed by atoms with Crippen molar-refractivity contribution in [1.29, 1.82) is 0 Å². The van der Waals surface area contributed by atoms with E-state index in [2.05, 4.69) is 10.6 Å². The lowest BCUT2D eigenvalue weighted by Gasteiger charge is -2.22. The van der Waals surface area contributed by atoms with Crippen LogP contribution in [0.2, 0.25) is 0 Å². The highest BCUT2D eigenvalue weighted by Crippen LogP contribution is 2.62. The number of ether oxygens (including phenoxy) is 2. The first-order chi connectivity index (χ1) is 13.5. The van der Waals surface area contributed by atoms with Crippen LogP contribution in [-0.4, -0.2) is 50.1 Å². The van der Waals surface area contributed by atoms with Gasteiger partial charge in [0.25, 0.3) is 0 Å². The first-order valence-corrected chi connectivity index (χ1v) is 9.95. The van der Waals surface area contributed by atoms with Crippen molar-refractivity contribution in [2.75, 3.05) is 31.7 Å². The number of benzene rings is 1. The van der Waals surface area contributed by atoms with E-state index in [1.54, 1.807) is 31.2 Å². The number of fused-ring (bicyclic) bond motifs is 2. The van der Waals surface area contributed by atoms with E-state index in [1.807, 2.05) is 0 Å². The number of nitrogens with one attached hydrogen (secondary N) is 2. The van der Waals surface area contributed by atoms with Crippen molar-refractivity contribution in [2.24, 2.45) is 17.3 Å². The Bertz CT molecular complexity index is 789. The van der Waals surface area contributed by atoms with E-state index in [1.165, 1.54) is 0 Å². The number of amides is 2. The molecule has 1 aromatic carbocycles. The molecular weight excluding hydrogens is 360 g/mol. The van der Waals surface area contributed by atoms with Crippen LogP contribution in [0, 0.1) is 17.3 Å². The molecule has 0 aromatic heterocycles. The van der Waals surface area contributed by atoms with Crippen LogP contribution < -0.4 is 10.6 Å². The van der Waals surface area contributed by atoms with Gasteiger partial charge in [0, 0.05) is 18.7 Å². The molecule has 1 saturated carbocycles. The number of hydrogen-bond acceptors (Lipinski definition) is 5. The third kappa shape index (κ3) is 3.33. The predicted octanol–water partition coefficient (Wildman–Crippen LogP) is 1.78. The molecule has 7 nitrogen and oxygen atoms in total. The lowest BCUT2D eigenvalue weighted by Crippen LogP contribution is -2.33. The van der Waals surface area contributed by atoms with Crippen molar-refractivity contribution in [3.8, 4) is 0 Å². The van der Waals surface area contributed by atoms with E-state index in [9.17, 15) is 14.4 Å². The molecular formula is C21H26N2O5. The molecule has 4 rings (SSSR count). The van der Waals surface area contributed by atoms with Crippen molar-refractivity contribution < 1.29 is 23.9 Å². The average molecular weight is 386 g/mol. The van der Waals surface area contributed by atoms with E-state index in [-0.39, 0.29) is 23.7 Å². The molecule has 0 spiro atoms. The minimum absolute atomic E-state index is 0.139. The maximum absolute atomic E-state index is 13.0. The van der Waals surface area contributed by atoms with Crippen molar-refractivity contribution >= 4 is 23.3 Å². The molecule has 28 heavy (non-hydrogen) atoms. The van der Waals surface area contributed by atoms with Crippen LogP contribution in [0.3, 0.4) is 0 Å². The molecule has 2 aliphatic heterocycles. The Morgan fingerprint density at radius 3 is 2.93 bits per heavy atom. The maximum Gasteiger partial charge on any atom is 0.229 e. The van der Waals surface area contributed by atoms with Gasteiger partial charge in [-0.1, -0.05) is 19.1 Å². The summed E-state index contributed by atoms with van der Waals surface area (Å²) >= 11 is 0. The van der Waals surface area contributed by atoms with E-state index < -0.39 is 17.3 Å². The van der Waals surface area contributed by atoms with Crippen LogP contribution in [0.5, 0.6) is 0 Å². The summed E-state index contributed by atoms with van der Waals surface area (Å²) in [7, 11) is 0. The number of carbonyl (C=O) groups is 3. The largest absolute Gasteiger partial charge is 0.377 e. The summed E-state index contributed by atoms with van der Waals surface area (Å²) in [6.45, 7) is 3.74. The molecule has 2 fully saturated rings. The van der Waals surface area contributed by atoms with Gasteiger partial charge in [-0.15, -0.1) is 0 Å². The third-order valence-corrected chi connectivity index (χ3v) is 6.12. The molecule has 2 unspecified atom stereocenters. The van der Waals surface area contributed by atoms with Gasteiger partial charge in [0.15, 0.2) is 5.78 Å². The van der Waals surface area contributed by atoms with Crippen LogP contribution in [0.1, 0.15) is 36.5 Å². The Kier molecular flexibility index (Phi) is 5.21. The summed E-state index contributed by atoms with van der Waals surface area (Å²) in [6, 6.07) is 6.94. The smallest absolute Gasteiger partial charge is 0.229 e. The van der Waals surface area contributed by atoms with Gasteiger partial charge in [0.05, 0.1) is 42.3 Å². The van der Waals surface area contributed by atoms with E-state index in [0.29, 0.717) is 31.0 Å². The van der Waals surface area contributed by atoms with Gasteiger partial charge >= 0.3 is 0 Å². The summed E-state index contributed by atoms with van der Waals surface area (Å²) in [5.41, 5.74) is -0.00669. The fraction of sp³-hybridized carbons (Fsp3) is 0.571. The number of hydrogen-bond donors (Lipinski definition) is 2.